The maximum Gasteiger partial charge on any atom is 0.260 e. The fraction of sp³-hybridized carbons (Fsp3) is 0.409. The molecule has 0 radical (unpaired) electrons. The lowest BCUT2D eigenvalue weighted by atomic mass is 9.87. The molecule has 0 fully saturated rings. The number of halogens is 1. The number of hydrogen-bond donors (Lipinski definition) is 1. The highest BCUT2D eigenvalue weighted by Gasteiger charge is 2.16. The Hall–Kier alpha value is -2.01. The minimum absolute atomic E-state index is 0.0852. The summed E-state index contributed by atoms with van der Waals surface area (Å²) in [5.74, 6) is 1.65. The van der Waals surface area contributed by atoms with Gasteiger partial charge in [0.25, 0.3) is 5.91 Å². The number of rotatable bonds is 8. The van der Waals surface area contributed by atoms with Gasteiger partial charge in [-0.1, -0.05) is 51.1 Å². The number of amides is 1. The Morgan fingerprint density at radius 2 is 1.81 bits per heavy atom. The van der Waals surface area contributed by atoms with Gasteiger partial charge in [-0.3, -0.25) is 4.79 Å². The molecule has 0 heterocycles. The van der Waals surface area contributed by atoms with Gasteiger partial charge >= 0.3 is 0 Å². The third-order valence-corrected chi connectivity index (χ3v) is 5.17. The molecule has 0 saturated carbocycles. The fourth-order valence-electron chi connectivity index (χ4n) is 2.48. The Kier molecular flexibility index (Phi) is 7.72. The molecule has 0 bridgehead atoms. The summed E-state index contributed by atoms with van der Waals surface area (Å²) in [6.45, 7) is 8.73. The van der Waals surface area contributed by atoms with Crippen LogP contribution in [0.2, 0.25) is 0 Å². The number of ether oxygens (including phenoxy) is 1. The van der Waals surface area contributed by atoms with E-state index in [4.69, 9.17) is 4.74 Å². The molecular weight excluding hydrogens is 361 g/mol. The zero-order chi connectivity index (χ0) is 19.9. The minimum atomic E-state index is -0.568. The van der Waals surface area contributed by atoms with Gasteiger partial charge in [0.05, 0.1) is 0 Å². The van der Waals surface area contributed by atoms with Crippen LogP contribution in [0.5, 0.6) is 5.75 Å². The Bertz CT molecular complexity index is 741. The van der Waals surface area contributed by atoms with Crippen LogP contribution in [0.25, 0.3) is 0 Å². The molecule has 2 aromatic rings. The van der Waals surface area contributed by atoms with Crippen molar-refractivity contribution in [1.29, 1.82) is 0 Å². The van der Waals surface area contributed by atoms with Gasteiger partial charge in [0.2, 0.25) is 0 Å². The van der Waals surface area contributed by atoms with Crippen LogP contribution in [0.1, 0.15) is 38.8 Å². The van der Waals surface area contributed by atoms with E-state index in [0.717, 1.165) is 0 Å². The summed E-state index contributed by atoms with van der Waals surface area (Å²) in [6.07, 6.45) is -0.568. The lowest BCUT2D eigenvalue weighted by Crippen LogP contribution is -2.37. The van der Waals surface area contributed by atoms with Gasteiger partial charge in [0.15, 0.2) is 6.10 Å². The summed E-state index contributed by atoms with van der Waals surface area (Å²) < 4.78 is 19.2. The number of hydrogen-bond acceptors (Lipinski definition) is 3. The monoisotopic (exact) mass is 389 g/mol. The number of nitrogens with one attached hydrogen (secondary N) is 1. The van der Waals surface area contributed by atoms with E-state index in [0.29, 0.717) is 29.4 Å². The van der Waals surface area contributed by atoms with Crippen LogP contribution < -0.4 is 10.1 Å². The zero-order valence-electron chi connectivity index (χ0n) is 16.4. The Morgan fingerprint density at radius 1 is 1.15 bits per heavy atom. The predicted octanol–water partition coefficient (Wildman–Crippen LogP) is 4.94. The van der Waals surface area contributed by atoms with Gasteiger partial charge in [-0.05, 0) is 41.7 Å². The van der Waals surface area contributed by atoms with Crippen molar-refractivity contribution in [2.45, 2.75) is 45.0 Å². The first-order valence-corrected chi connectivity index (χ1v) is 10.3. The number of carbonyl (C=O) groups excluding carboxylic acids is 1. The molecule has 27 heavy (non-hydrogen) atoms. The molecular formula is C22H28FNO2S. The Balaban J connectivity index is 1.70. The van der Waals surface area contributed by atoms with E-state index < -0.39 is 6.10 Å². The number of carbonyl (C=O) groups is 1. The topological polar surface area (TPSA) is 38.3 Å². The molecule has 0 aliphatic heterocycles. The van der Waals surface area contributed by atoms with Crippen molar-refractivity contribution in [3.8, 4) is 5.75 Å². The predicted molar refractivity (Wildman–Crippen MR) is 111 cm³/mol. The van der Waals surface area contributed by atoms with Crippen molar-refractivity contribution in [1.82, 2.24) is 5.32 Å². The molecule has 2 rings (SSSR count). The highest BCUT2D eigenvalue weighted by Crippen LogP contribution is 2.24. The molecule has 1 atom stereocenters. The molecule has 0 spiro atoms. The molecule has 0 aliphatic rings. The van der Waals surface area contributed by atoms with Crippen LogP contribution in [0, 0.1) is 5.82 Å². The standard InChI is InChI=1S/C22H28FNO2S/c1-16(26-19-11-9-18(10-12-19)22(2,3)4)21(25)24-13-14-27-15-17-7-5-6-8-20(17)23/h5-12,16H,13-15H2,1-4H3,(H,24,25)/t16-/m1/s1. The molecule has 0 saturated heterocycles. The second-order valence-electron chi connectivity index (χ2n) is 7.47. The normalized spacial score (nSPS) is 12.5. The average Bonchev–Trinajstić information content (AvgIpc) is 2.62. The van der Waals surface area contributed by atoms with Crippen LogP contribution in [0.4, 0.5) is 4.39 Å². The van der Waals surface area contributed by atoms with E-state index in [2.05, 4.69) is 26.1 Å². The molecule has 3 nitrogen and oxygen atoms in total. The highest BCUT2D eigenvalue weighted by molar-refractivity contribution is 7.98. The maximum absolute atomic E-state index is 13.5. The number of benzene rings is 2. The fourth-order valence-corrected chi connectivity index (χ4v) is 3.32. The van der Waals surface area contributed by atoms with Crippen molar-refractivity contribution >= 4 is 17.7 Å². The smallest absolute Gasteiger partial charge is 0.260 e. The van der Waals surface area contributed by atoms with Gasteiger partial charge < -0.3 is 10.1 Å². The van der Waals surface area contributed by atoms with Gasteiger partial charge in [0, 0.05) is 18.1 Å². The Labute approximate surface area is 165 Å². The van der Waals surface area contributed by atoms with E-state index in [-0.39, 0.29) is 17.1 Å². The van der Waals surface area contributed by atoms with Gasteiger partial charge in [-0.15, -0.1) is 0 Å². The van der Waals surface area contributed by atoms with E-state index in [1.807, 2.05) is 30.3 Å². The molecule has 2 aromatic carbocycles. The molecule has 146 valence electrons. The van der Waals surface area contributed by atoms with Crippen LogP contribution in [0.3, 0.4) is 0 Å². The van der Waals surface area contributed by atoms with Crippen molar-refractivity contribution < 1.29 is 13.9 Å². The van der Waals surface area contributed by atoms with Crippen LogP contribution >= 0.6 is 11.8 Å². The van der Waals surface area contributed by atoms with E-state index in [1.54, 1.807) is 30.8 Å². The summed E-state index contributed by atoms with van der Waals surface area (Å²) in [4.78, 5) is 12.2. The van der Waals surface area contributed by atoms with Gasteiger partial charge in [0.1, 0.15) is 11.6 Å². The van der Waals surface area contributed by atoms with Crippen LogP contribution in [-0.2, 0) is 16.0 Å². The quantitative estimate of drug-likeness (QED) is 0.650. The van der Waals surface area contributed by atoms with E-state index >= 15 is 0 Å². The maximum atomic E-state index is 13.5. The SMILES string of the molecule is C[C@@H](Oc1ccc(C(C)(C)C)cc1)C(=O)NCCSCc1ccccc1F. The van der Waals surface area contributed by atoms with Gasteiger partial charge in [-0.25, -0.2) is 4.39 Å². The largest absolute Gasteiger partial charge is 0.481 e. The van der Waals surface area contributed by atoms with E-state index in [9.17, 15) is 9.18 Å². The molecule has 1 amide bonds. The van der Waals surface area contributed by atoms with Crippen LogP contribution in [-0.4, -0.2) is 24.3 Å². The first-order valence-electron chi connectivity index (χ1n) is 9.13. The summed E-state index contributed by atoms with van der Waals surface area (Å²) in [7, 11) is 0. The van der Waals surface area contributed by atoms with Crippen molar-refractivity contribution in [2.24, 2.45) is 0 Å². The van der Waals surface area contributed by atoms with E-state index in [1.165, 1.54) is 11.6 Å². The third kappa shape index (κ3) is 6.90. The average molecular weight is 390 g/mol. The molecule has 0 aromatic heterocycles. The van der Waals surface area contributed by atoms with Gasteiger partial charge in [-0.2, -0.15) is 11.8 Å². The second kappa shape index (κ2) is 9.79. The summed E-state index contributed by atoms with van der Waals surface area (Å²) in [5, 5.41) is 2.86. The lowest BCUT2D eigenvalue weighted by Gasteiger charge is -2.20. The first-order chi connectivity index (χ1) is 12.8. The third-order valence-electron chi connectivity index (χ3n) is 4.16. The van der Waals surface area contributed by atoms with Crippen molar-refractivity contribution in [3.05, 3.63) is 65.5 Å². The molecule has 1 N–H and O–H groups in total. The number of thioether (sulfide) groups is 1. The highest BCUT2D eigenvalue weighted by atomic mass is 32.2. The summed E-state index contributed by atoms with van der Waals surface area (Å²) in [6, 6.07) is 14.6. The summed E-state index contributed by atoms with van der Waals surface area (Å²) >= 11 is 1.59. The first kappa shape index (κ1) is 21.3. The Morgan fingerprint density at radius 3 is 2.44 bits per heavy atom. The van der Waals surface area contributed by atoms with Crippen LogP contribution in [0.15, 0.2) is 48.5 Å². The minimum Gasteiger partial charge on any atom is -0.481 e. The molecule has 0 aliphatic carbocycles. The lowest BCUT2D eigenvalue weighted by molar-refractivity contribution is -0.127. The zero-order valence-corrected chi connectivity index (χ0v) is 17.2. The molecule has 0 unspecified atom stereocenters. The molecule has 5 heteroatoms. The van der Waals surface area contributed by atoms with Crippen molar-refractivity contribution in [2.75, 3.05) is 12.3 Å². The second-order valence-corrected chi connectivity index (χ2v) is 8.57. The van der Waals surface area contributed by atoms with Crippen molar-refractivity contribution in [3.63, 3.8) is 0 Å². The summed E-state index contributed by atoms with van der Waals surface area (Å²) in [5.41, 5.74) is 1.99.